The number of rotatable bonds is 1. The normalized spacial score (nSPS) is 43.0. The van der Waals surface area contributed by atoms with Gasteiger partial charge in [-0.2, -0.15) is 0 Å². The van der Waals surface area contributed by atoms with Crippen LogP contribution in [0.5, 0.6) is 0 Å². The van der Waals surface area contributed by atoms with Gasteiger partial charge in [0.05, 0.1) is 6.10 Å². The minimum atomic E-state index is -0.940. The molecule has 0 aliphatic heterocycles. The number of Topliss-reactive ketones (excluding diaryl/α,β-unsaturated/α-hetero) is 1. The van der Waals surface area contributed by atoms with E-state index in [1.165, 1.54) is 11.1 Å². The van der Waals surface area contributed by atoms with Crippen LogP contribution < -0.4 is 11.2 Å². The molecule has 3 fully saturated rings. The topological polar surface area (TPSA) is 130 Å². The van der Waals surface area contributed by atoms with Gasteiger partial charge in [-0.25, -0.2) is 10.3 Å². The first-order valence-corrected chi connectivity index (χ1v) is 10.7. The van der Waals surface area contributed by atoms with E-state index in [0.717, 1.165) is 38.5 Å². The number of carbonyl (C=O) groups is 3. The summed E-state index contributed by atoms with van der Waals surface area (Å²) in [6.45, 7) is 6.29. The second-order valence-electron chi connectivity index (χ2n) is 9.88. The van der Waals surface area contributed by atoms with E-state index in [1.807, 2.05) is 6.08 Å². The molecule has 162 valence electrons. The molecule has 7 nitrogen and oxygen atoms in total. The van der Waals surface area contributed by atoms with Crippen molar-refractivity contribution in [3.8, 4) is 0 Å². The van der Waals surface area contributed by atoms with E-state index in [1.54, 1.807) is 6.92 Å². The van der Waals surface area contributed by atoms with Gasteiger partial charge in [-0.15, -0.1) is 0 Å². The van der Waals surface area contributed by atoms with Crippen LogP contribution in [0.25, 0.3) is 0 Å². The molecule has 0 saturated heterocycles. The Morgan fingerprint density at radius 2 is 1.83 bits per heavy atom. The van der Waals surface area contributed by atoms with Gasteiger partial charge in [0.2, 0.25) is 0 Å². The van der Waals surface area contributed by atoms with Gasteiger partial charge in [0.1, 0.15) is 5.78 Å². The number of urea groups is 1. The van der Waals surface area contributed by atoms with Gasteiger partial charge >= 0.3 is 6.03 Å². The average Bonchev–Trinajstić information content (AvgIpc) is 2.93. The Hall–Kier alpha value is -1.73. The molecule has 2 amide bonds. The van der Waals surface area contributed by atoms with Crippen molar-refractivity contribution >= 4 is 17.6 Å². The molecule has 3 saturated carbocycles. The van der Waals surface area contributed by atoms with Gasteiger partial charge in [-0.05, 0) is 80.1 Å². The molecule has 4 rings (SSSR count). The highest BCUT2D eigenvalue weighted by atomic mass is 16.5. The minimum Gasteiger partial charge on any atom is -0.392 e. The maximum Gasteiger partial charge on any atom is 0.335 e. The van der Waals surface area contributed by atoms with E-state index in [4.69, 9.17) is 5.21 Å². The maximum absolute atomic E-state index is 12.2. The number of hydrogen-bond donors (Lipinski definition) is 4. The van der Waals surface area contributed by atoms with Crippen molar-refractivity contribution in [1.29, 1.82) is 0 Å². The summed E-state index contributed by atoms with van der Waals surface area (Å²) in [5.74, 6) is 1.95. The van der Waals surface area contributed by atoms with Gasteiger partial charge in [-0.1, -0.05) is 19.4 Å². The number of primary amides is 1. The van der Waals surface area contributed by atoms with Crippen molar-refractivity contribution in [3.63, 3.8) is 0 Å². The standard InChI is InChI=1S/C21H30O3.CH4N2O2/c1-12(22)19-18(24)11-17-15-5-4-13-10-14(23)6-8-20(13,2)16(15)7-9-21(17,19)3;2-1(4)3-5/h10,15-19,24H,4-9,11H2,1-3H3;5H,(H3,2,3,4)/t15-,16+,17+,18?,19+,20+,21+;/m1./s1. The molecule has 0 spiro atoms. The van der Waals surface area contributed by atoms with Crippen molar-refractivity contribution in [1.82, 2.24) is 5.48 Å². The smallest absolute Gasteiger partial charge is 0.335 e. The molecule has 7 atom stereocenters. The summed E-state index contributed by atoms with van der Waals surface area (Å²) in [7, 11) is 0. The second-order valence-corrected chi connectivity index (χ2v) is 9.88. The first kappa shape index (κ1) is 22.0. The zero-order chi connectivity index (χ0) is 21.6. The second kappa shape index (κ2) is 7.84. The van der Waals surface area contributed by atoms with Gasteiger partial charge in [0.25, 0.3) is 0 Å². The Morgan fingerprint density at radius 1 is 1.17 bits per heavy atom. The molecule has 0 radical (unpaired) electrons. The van der Waals surface area contributed by atoms with Crippen LogP contribution in [-0.4, -0.2) is 34.0 Å². The summed E-state index contributed by atoms with van der Waals surface area (Å²) >= 11 is 0. The van der Waals surface area contributed by atoms with Crippen molar-refractivity contribution in [3.05, 3.63) is 11.6 Å². The molecule has 0 aromatic rings. The van der Waals surface area contributed by atoms with Crippen LogP contribution in [0, 0.1) is 34.5 Å². The van der Waals surface area contributed by atoms with Crippen molar-refractivity contribution in [2.24, 2.45) is 40.2 Å². The van der Waals surface area contributed by atoms with Crippen molar-refractivity contribution in [2.75, 3.05) is 0 Å². The van der Waals surface area contributed by atoms with Gasteiger partial charge < -0.3 is 10.8 Å². The fourth-order valence-electron chi connectivity index (χ4n) is 7.31. The third kappa shape index (κ3) is 3.63. The van der Waals surface area contributed by atoms with Crippen molar-refractivity contribution in [2.45, 2.75) is 71.8 Å². The highest BCUT2D eigenvalue weighted by molar-refractivity contribution is 5.91. The van der Waals surface area contributed by atoms with Crippen LogP contribution in [0.3, 0.4) is 0 Å². The van der Waals surface area contributed by atoms with Gasteiger partial charge in [0, 0.05) is 12.3 Å². The highest BCUT2D eigenvalue weighted by Crippen LogP contribution is 2.66. The molecule has 5 N–H and O–H groups in total. The molecule has 0 bridgehead atoms. The summed E-state index contributed by atoms with van der Waals surface area (Å²) < 4.78 is 0. The Bertz CT molecular complexity index is 735. The monoisotopic (exact) mass is 406 g/mol. The lowest BCUT2D eigenvalue weighted by Gasteiger charge is -2.57. The van der Waals surface area contributed by atoms with E-state index in [-0.39, 0.29) is 22.5 Å². The molecule has 1 unspecified atom stereocenters. The number of fused-ring (bicyclic) bond motifs is 5. The highest BCUT2D eigenvalue weighted by Gasteiger charge is 2.62. The zero-order valence-electron chi connectivity index (χ0n) is 17.6. The fourth-order valence-corrected chi connectivity index (χ4v) is 7.31. The summed E-state index contributed by atoms with van der Waals surface area (Å²) in [5.41, 5.74) is 6.97. The number of nitrogens with one attached hydrogen (secondary N) is 1. The number of carbonyl (C=O) groups excluding carboxylic acids is 3. The van der Waals surface area contributed by atoms with Crippen LogP contribution in [-0.2, 0) is 9.59 Å². The number of aliphatic hydroxyl groups excluding tert-OH is 1. The predicted molar refractivity (Wildman–Crippen MR) is 107 cm³/mol. The Morgan fingerprint density at radius 3 is 2.41 bits per heavy atom. The lowest BCUT2D eigenvalue weighted by Crippen LogP contribution is -2.51. The first-order valence-electron chi connectivity index (χ1n) is 10.7. The third-order valence-electron chi connectivity index (χ3n) is 8.54. The Labute approximate surface area is 172 Å². The number of ketones is 2. The number of aliphatic hydroxyl groups is 1. The molecule has 7 heteroatoms. The summed E-state index contributed by atoms with van der Waals surface area (Å²) in [6.07, 6.45) is 8.26. The SMILES string of the molecule is CC(=O)[C@H]1C(O)C[C@H]2[C@@H]3CCC4=CC(=O)CC[C@]4(C)[C@H]3CC[C@]12C.NC(=O)NO. The van der Waals surface area contributed by atoms with Crippen LogP contribution >= 0.6 is 0 Å². The molecule has 4 aliphatic carbocycles. The van der Waals surface area contributed by atoms with E-state index in [9.17, 15) is 19.5 Å². The molecular formula is C22H34N2O5. The molecule has 0 aromatic heterocycles. The predicted octanol–water partition coefficient (Wildman–Crippen LogP) is 2.74. The third-order valence-corrected chi connectivity index (χ3v) is 8.54. The van der Waals surface area contributed by atoms with E-state index < -0.39 is 12.1 Å². The van der Waals surface area contributed by atoms with Crippen LogP contribution in [0.4, 0.5) is 4.79 Å². The molecule has 29 heavy (non-hydrogen) atoms. The quantitative estimate of drug-likeness (QED) is 0.393. The van der Waals surface area contributed by atoms with Crippen molar-refractivity contribution < 1.29 is 24.7 Å². The molecule has 4 aliphatic rings. The number of hydrogen-bond acceptors (Lipinski definition) is 5. The number of hydroxylamine groups is 1. The molecule has 0 heterocycles. The number of amides is 2. The number of nitrogens with two attached hydrogens (primary N) is 1. The van der Waals surface area contributed by atoms with E-state index in [2.05, 4.69) is 19.6 Å². The summed E-state index contributed by atoms with van der Waals surface area (Å²) in [4.78, 5) is 33.3. The fraction of sp³-hybridized carbons (Fsp3) is 0.773. The maximum atomic E-state index is 12.2. The van der Waals surface area contributed by atoms with Gasteiger partial charge in [0.15, 0.2) is 5.78 Å². The molecular weight excluding hydrogens is 372 g/mol. The minimum absolute atomic E-state index is 0.0333. The summed E-state index contributed by atoms with van der Waals surface area (Å²) in [6, 6.07) is -0.940. The lowest BCUT2D eigenvalue weighted by atomic mass is 9.46. The molecule has 0 aromatic carbocycles. The summed E-state index contributed by atoms with van der Waals surface area (Å²) in [5, 5.41) is 18.0. The lowest BCUT2D eigenvalue weighted by molar-refractivity contribution is -0.131. The van der Waals surface area contributed by atoms with E-state index in [0.29, 0.717) is 30.0 Å². The van der Waals surface area contributed by atoms with Crippen LogP contribution in [0.15, 0.2) is 11.6 Å². The first-order chi connectivity index (χ1) is 13.5. The Kier molecular flexibility index (Phi) is 5.94. The van der Waals surface area contributed by atoms with E-state index >= 15 is 0 Å². The zero-order valence-corrected chi connectivity index (χ0v) is 17.6. The number of allylic oxidation sites excluding steroid dienone is 1. The largest absolute Gasteiger partial charge is 0.392 e. The Balaban J connectivity index is 0.000000431. The van der Waals surface area contributed by atoms with Crippen LogP contribution in [0.1, 0.15) is 65.7 Å². The van der Waals surface area contributed by atoms with Gasteiger partial charge in [-0.3, -0.25) is 14.8 Å². The average molecular weight is 407 g/mol. The van der Waals surface area contributed by atoms with Crippen LogP contribution in [0.2, 0.25) is 0 Å².